The lowest BCUT2D eigenvalue weighted by molar-refractivity contribution is -0.143. The van der Waals surface area contributed by atoms with Crippen molar-refractivity contribution in [1.29, 1.82) is 0 Å². The number of anilines is 1. The van der Waals surface area contributed by atoms with E-state index in [9.17, 15) is 27.6 Å². The van der Waals surface area contributed by atoms with E-state index in [4.69, 9.17) is 16.3 Å². The highest BCUT2D eigenvalue weighted by atomic mass is 35.5. The molecule has 0 saturated carbocycles. The molecule has 13 heteroatoms. The van der Waals surface area contributed by atoms with Crippen molar-refractivity contribution in [3.05, 3.63) is 32.4 Å². The van der Waals surface area contributed by atoms with Crippen molar-refractivity contribution in [3.63, 3.8) is 0 Å². The summed E-state index contributed by atoms with van der Waals surface area (Å²) in [6.45, 7) is 3.32. The van der Waals surface area contributed by atoms with E-state index < -0.39 is 40.4 Å². The minimum Gasteiger partial charge on any atom is -0.465 e. The van der Waals surface area contributed by atoms with Crippen LogP contribution in [0.1, 0.15) is 55.1 Å². The largest absolute Gasteiger partial charge is 0.465 e. The number of esters is 2. The van der Waals surface area contributed by atoms with Crippen molar-refractivity contribution in [1.82, 2.24) is 9.78 Å². The van der Waals surface area contributed by atoms with Crippen LogP contribution in [0.25, 0.3) is 0 Å². The van der Waals surface area contributed by atoms with E-state index in [1.165, 1.54) is 6.92 Å². The average Bonchev–Trinajstić information content (AvgIpc) is 3.14. The van der Waals surface area contributed by atoms with Gasteiger partial charge in [-0.1, -0.05) is 18.5 Å². The minimum absolute atomic E-state index is 0.0272. The molecule has 0 aliphatic rings. The fourth-order valence-corrected chi connectivity index (χ4v) is 3.98. The second-order valence-corrected chi connectivity index (χ2v) is 7.37. The predicted octanol–water partition coefficient (Wildman–Crippen LogP) is 4.07. The number of methoxy groups -OCH3 is 1. The van der Waals surface area contributed by atoms with E-state index in [0.717, 1.165) is 25.5 Å². The third-order valence-electron chi connectivity index (χ3n) is 3.86. The summed E-state index contributed by atoms with van der Waals surface area (Å²) in [5.74, 6) is -2.65. The summed E-state index contributed by atoms with van der Waals surface area (Å²) in [4.78, 5) is 37.0. The number of alkyl halides is 3. The minimum atomic E-state index is -4.83. The van der Waals surface area contributed by atoms with Gasteiger partial charge in [0.1, 0.15) is 14.9 Å². The SMILES string of the molecule is CCCOC(=O)c1c(NC(=O)c2nn(C)c(C(F)(F)F)c2Cl)sc(C(=O)OC)c1C. The lowest BCUT2D eigenvalue weighted by Crippen LogP contribution is -2.16. The zero-order valence-corrected chi connectivity index (χ0v) is 17.8. The number of halogens is 4. The molecule has 1 N–H and O–H groups in total. The molecule has 0 bridgehead atoms. The molecule has 0 saturated heterocycles. The molecule has 0 aliphatic carbocycles. The van der Waals surface area contributed by atoms with E-state index in [2.05, 4.69) is 15.2 Å². The van der Waals surface area contributed by atoms with Gasteiger partial charge in [-0.15, -0.1) is 11.3 Å². The Bertz CT molecular complexity index is 1000. The molecule has 2 rings (SSSR count). The van der Waals surface area contributed by atoms with Crippen molar-refractivity contribution in [2.75, 3.05) is 19.0 Å². The van der Waals surface area contributed by atoms with Gasteiger partial charge in [0.2, 0.25) is 0 Å². The van der Waals surface area contributed by atoms with Gasteiger partial charge in [-0.3, -0.25) is 9.48 Å². The van der Waals surface area contributed by atoms with Crippen LogP contribution in [-0.2, 0) is 22.7 Å². The van der Waals surface area contributed by atoms with Gasteiger partial charge in [0.05, 0.1) is 19.3 Å². The quantitative estimate of drug-likeness (QED) is 0.643. The zero-order valence-electron chi connectivity index (χ0n) is 16.3. The monoisotopic (exact) mass is 467 g/mol. The zero-order chi connectivity index (χ0) is 22.8. The maximum atomic E-state index is 13.1. The smallest absolute Gasteiger partial charge is 0.434 e. The second kappa shape index (κ2) is 9.04. The molecule has 30 heavy (non-hydrogen) atoms. The third-order valence-corrected chi connectivity index (χ3v) is 5.40. The summed E-state index contributed by atoms with van der Waals surface area (Å²) in [5, 5.41) is 4.84. The van der Waals surface area contributed by atoms with Gasteiger partial charge in [0.25, 0.3) is 5.91 Å². The number of ether oxygens (including phenoxy) is 2. The Hall–Kier alpha value is -2.60. The highest BCUT2D eigenvalue weighted by Gasteiger charge is 2.40. The molecule has 0 radical (unpaired) electrons. The molecule has 0 aliphatic heterocycles. The van der Waals surface area contributed by atoms with Crippen LogP contribution in [0.15, 0.2) is 0 Å². The van der Waals surface area contributed by atoms with Crippen LogP contribution in [-0.4, -0.2) is 41.3 Å². The van der Waals surface area contributed by atoms with Crippen LogP contribution in [0, 0.1) is 6.92 Å². The molecule has 8 nitrogen and oxygen atoms in total. The van der Waals surface area contributed by atoms with Crippen LogP contribution in [0.3, 0.4) is 0 Å². The Balaban J connectivity index is 2.48. The fourth-order valence-electron chi connectivity index (χ4n) is 2.52. The molecule has 1 amide bonds. The molecule has 2 aromatic heterocycles. The first kappa shape index (κ1) is 23.7. The maximum Gasteiger partial charge on any atom is 0.434 e. The summed E-state index contributed by atoms with van der Waals surface area (Å²) in [7, 11) is 2.13. The van der Waals surface area contributed by atoms with Crippen LogP contribution in [0.4, 0.5) is 18.2 Å². The molecule has 0 aromatic carbocycles. The van der Waals surface area contributed by atoms with Crippen molar-refractivity contribution < 1.29 is 37.0 Å². The summed E-state index contributed by atoms with van der Waals surface area (Å²) >= 11 is 6.45. The number of nitrogens with zero attached hydrogens (tertiary/aromatic N) is 2. The Labute approximate surface area is 177 Å². The maximum absolute atomic E-state index is 13.1. The number of amides is 1. The number of carbonyl (C=O) groups excluding carboxylic acids is 3. The van der Waals surface area contributed by atoms with Gasteiger partial charge >= 0.3 is 18.1 Å². The fraction of sp³-hybridized carbons (Fsp3) is 0.412. The molecule has 0 atom stereocenters. The number of carbonyl (C=O) groups is 3. The summed E-state index contributed by atoms with van der Waals surface area (Å²) < 4.78 is 49.5. The van der Waals surface area contributed by atoms with E-state index in [1.54, 1.807) is 6.92 Å². The van der Waals surface area contributed by atoms with Crippen molar-refractivity contribution in [3.8, 4) is 0 Å². The number of hydrogen-bond donors (Lipinski definition) is 1. The van der Waals surface area contributed by atoms with Gasteiger partial charge in [0.15, 0.2) is 11.4 Å². The van der Waals surface area contributed by atoms with E-state index in [1.807, 2.05) is 0 Å². The lowest BCUT2D eigenvalue weighted by Gasteiger charge is -2.07. The second-order valence-electron chi connectivity index (χ2n) is 5.97. The normalized spacial score (nSPS) is 11.3. The van der Waals surface area contributed by atoms with E-state index in [0.29, 0.717) is 11.1 Å². The third kappa shape index (κ3) is 4.59. The molecular formula is C17H17ClF3N3O5S. The number of hydrogen-bond acceptors (Lipinski definition) is 7. The predicted molar refractivity (Wildman–Crippen MR) is 102 cm³/mol. The number of aromatic nitrogens is 2. The van der Waals surface area contributed by atoms with Gasteiger partial charge in [-0.25, -0.2) is 9.59 Å². The standard InChI is InChI=1S/C17H17ClF3N3O5S/c1-5-6-29-15(26)8-7(2)11(16(27)28-4)30-14(8)22-13(25)10-9(18)12(17(19,20)21)24(3)23-10/h5-6H2,1-4H3,(H,22,25). The average molecular weight is 468 g/mol. The number of aryl methyl sites for hydroxylation is 1. The number of nitrogens with one attached hydrogen (secondary N) is 1. The first-order chi connectivity index (χ1) is 13.9. The first-order valence-electron chi connectivity index (χ1n) is 8.43. The van der Waals surface area contributed by atoms with Crippen LogP contribution < -0.4 is 5.32 Å². The molecule has 0 spiro atoms. The van der Waals surface area contributed by atoms with E-state index in [-0.39, 0.29) is 27.6 Å². The molecule has 2 aromatic rings. The molecule has 164 valence electrons. The summed E-state index contributed by atoms with van der Waals surface area (Å²) in [5.41, 5.74) is -1.89. The first-order valence-corrected chi connectivity index (χ1v) is 9.63. The van der Waals surface area contributed by atoms with Crippen LogP contribution in [0.5, 0.6) is 0 Å². The van der Waals surface area contributed by atoms with Crippen LogP contribution in [0.2, 0.25) is 5.02 Å². The Kier molecular flexibility index (Phi) is 7.14. The van der Waals surface area contributed by atoms with Gasteiger partial charge < -0.3 is 14.8 Å². The molecule has 0 unspecified atom stereocenters. The summed E-state index contributed by atoms with van der Waals surface area (Å²) in [6.07, 6.45) is -4.30. The summed E-state index contributed by atoms with van der Waals surface area (Å²) in [6, 6.07) is 0. The molecule has 2 heterocycles. The topological polar surface area (TPSA) is 99.5 Å². The molecule has 0 fully saturated rings. The Morgan fingerprint density at radius 1 is 1.27 bits per heavy atom. The van der Waals surface area contributed by atoms with Crippen molar-refractivity contribution in [2.24, 2.45) is 7.05 Å². The molecular weight excluding hydrogens is 451 g/mol. The Morgan fingerprint density at radius 3 is 2.40 bits per heavy atom. The highest BCUT2D eigenvalue weighted by molar-refractivity contribution is 7.18. The van der Waals surface area contributed by atoms with Gasteiger partial charge in [-0.2, -0.15) is 18.3 Å². The number of rotatable bonds is 6. The number of thiophene rings is 1. The van der Waals surface area contributed by atoms with Crippen molar-refractivity contribution in [2.45, 2.75) is 26.4 Å². The van der Waals surface area contributed by atoms with Crippen LogP contribution >= 0.6 is 22.9 Å². The van der Waals surface area contributed by atoms with Crippen molar-refractivity contribution >= 4 is 45.8 Å². The Morgan fingerprint density at radius 2 is 1.90 bits per heavy atom. The van der Waals surface area contributed by atoms with E-state index >= 15 is 0 Å². The lowest BCUT2D eigenvalue weighted by atomic mass is 10.1. The van der Waals surface area contributed by atoms with Gasteiger partial charge in [-0.05, 0) is 18.9 Å². The highest BCUT2D eigenvalue weighted by Crippen LogP contribution is 2.38. The van der Waals surface area contributed by atoms with Gasteiger partial charge in [0, 0.05) is 7.05 Å².